The predicted octanol–water partition coefficient (Wildman–Crippen LogP) is 2.48. The van der Waals surface area contributed by atoms with E-state index >= 15 is 0 Å². The number of hydrogen-bond donors (Lipinski definition) is 2. The van der Waals surface area contributed by atoms with Crippen molar-refractivity contribution in [3.8, 4) is 0 Å². The summed E-state index contributed by atoms with van der Waals surface area (Å²) in [5.41, 5.74) is 1.23. The van der Waals surface area contributed by atoms with E-state index in [1.807, 2.05) is 7.05 Å². The number of anilines is 1. The van der Waals surface area contributed by atoms with Crippen LogP contribution in [0.4, 0.5) is 5.69 Å². The lowest BCUT2D eigenvalue weighted by Crippen LogP contribution is -2.46. The highest BCUT2D eigenvalue weighted by atomic mass is 35.5. The number of carbonyl (C=O) groups excluding carboxylic acids is 2. The van der Waals surface area contributed by atoms with Gasteiger partial charge >= 0.3 is 0 Å². The Balaban J connectivity index is 1.65. The van der Waals surface area contributed by atoms with Crippen molar-refractivity contribution < 1.29 is 18.0 Å². The number of sulfonamides is 1. The van der Waals surface area contributed by atoms with E-state index in [4.69, 9.17) is 11.6 Å². The van der Waals surface area contributed by atoms with Crippen LogP contribution in [0, 0.1) is 0 Å². The van der Waals surface area contributed by atoms with E-state index in [-0.39, 0.29) is 23.1 Å². The van der Waals surface area contributed by atoms with Gasteiger partial charge in [0.15, 0.2) is 0 Å². The summed E-state index contributed by atoms with van der Waals surface area (Å²) in [7, 11) is -1.60. The summed E-state index contributed by atoms with van der Waals surface area (Å²) >= 11 is 5.92. The fourth-order valence-electron chi connectivity index (χ4n) is 3.48. The molecule has 1 saturated heterocycles. The average molecular weight is 479 g/mol. The number of benzene rings is 2. The number of nitrogens with one attached hydrogen (secondary N) is 2. The first-order chi connectivity index (χ1) is 15.1. The normalized spacial score (nSPS) is 16.3. The standard InChI is InChI=1S/C22H27ClN4O4S/c1-16(28)24-21(17-3-5-18(23)6-4-17)15-22(29)25-19-7-9-20(10-8-19)32(30,31)27-13-11-26(2)12-14-27/h3-10,21H,11-15H2,1-2H3,(H,24,28)(H,25,29). The zero-order valence-corrected chi connectivity index (χ0v) is 19.6. The predicted molar refractivity (Wildman–Crippen MR) is 124 cm³/mol. The second-order valence-electron chi connectivity index (χ2n) is 7.79. The quantitative estimate of drug-likeness (QED) is 0.637. The lowest BCUT2D eigenvalue weighted by atomic mass is 10.0. The second-order valence-corrected chi connectivity index (χ2v) is 10.2. The Kier molecular flexibility index (Phi) is 7.89. The lowest BCUT2D eigenvalue weighted by Gasteiger charge is -2.31. The number of rotatable bonds is 7. The molecule has 2 N–H and O–H groups in total. The highest BCUT2D eigenvalue weighted by Crippen LogP contribution is 2.22. The molecule has 3 rings (SSSR count). The van der Waals surface area contributed by atoms with Crippen LogP contribution in [0.15, 0.2) is 53.4 Å². The van der Waals surface area contributed by atoms with Crippen LogP contribution in [-0.4, -0.2) is 62.7 Å². The van der Waals surface area contributed by atoms with Gasteiger partial charge < -0.3 is 15.5 Å². The molecular weight excluding hydrogens is 452 g/mol. The van der Waals surface area contributed by atoms with E-state index in [0.29, 0.717) is 36.9 Å². The van der Waals surface area contributed by atoms with Crippen LogP contribution >= 0.6 is 11.6 Å². The largest absolute Gasteiger partial charge is 0.349 e. The van der Waals surface area contributed by atoms with Gasteiger partial charge in [-0.25, -0.2) is 8.42 Å². The van der Waals surface area contributed by atoms with Crippen LogP contribution in [0.25, 0.3) is 0 Å². The molecule has 2 aromatic carbocycles. The number of amides is 2. The van der Waals surface area contributed by atoms with Crippen molar-refractivity contribution in [1.82, 2.24) is 14.5 Å². The molecule has 0 bridgehead atoms. The topological polar surface area (TPSA) is 98.8 Å². The average Bonchev–Trinajstić information content (AvgIpc) is 2.74. The van der Waals surface area contributed by atoms with Gasteiger partial charge in [-0.15, -0.1) is 0 Å². The van der Waals surface area contributed by atoms with Crippen molar-refractivity contribution in [1.29, 1.82) is 0 Å². The molecule has 2 amide bonds. The Morgan fingerprint density at radius 1 is 1.00 bits per heavy atom. The van der Waals surface area contributed by atoms with Crippen molar-refractivity contribution in [3.63, 3.8) is 0 Å². The molecule has 172 valence electrons. The van der Waals surface area contributed by atoms with E-state index in [2.05, 4.69) is 15.5 Å². The first-order valence-electron chi connectivity index (χ1n) is 10.3. The summed E-state index contributed by atoms with van der Waals surface area (Å²) in [6.07, 6.45) is 0.0164. The molecule has 2 aromatic rings. The minimum absolute atomic E-state index is 0.0164. The number of carbonyl (C=O) groups is 2. The summed E-state index contributed by atoms with van der Waals surface area (Å²) in [6.45, 7) is 3.67. The Labute approximate surface area is 193 Å². The molecule has 1 heterocycles. The van der Waals surface area contributed by atoms with Crippen molar-refractivity contribution in [3.05, 3.63) is 59.1 Å². The van der Waals surface area contributed by atoms with Gasteiger partial charge in [0.25, 0.3) is 0 Å². The molecule has 10 heteroatoms. The third-order valence-electron chi connectivity index (χ3n) is 5.28. The maximum absolute atomic E-state index is 12.8. The van der Waals surface area contributed by atoms with Gasteiger partial charge in [-0.3, -0.25) is 9.59 Å². The third kappa shape index (κ3) is 6.29. The summed E-state index contributed by atoms with van der Waals surface area (Å²) in [5.74, 6) is -0.565. The Hall–Kier alpha value is -2.46. The van der Waals surface area contributed by atoms with Crippen LogP contribution in [0.5, 0.6) is 0 Å². The number of nitrogens with zero attached hydrogens (tertiary/aromatic N) is 2. The molecule has 0 radical (unpaired) electrons. The van der Waals surface area contributed by atoms with Crippen LogP contribution < -0.4 is 10.6 Å². The highest BCUT2D eigenvalue weighted by Gasteiger charge is 2.27. The van der Waals surface area contributed by atoms with Crippen LogP contribution in [0.2, 0.25) is 5.02 Å². The third-order valence-corrected chi connectivity index (χ3v) is 7.44. The van der Waals surface area contributed by atoms with Crippen molar-refractivity contribution >= 4 is 39.1 Å². The minimum Gasteiger partial charge on any atom is -0.349 e. The van der Waals surface area contributed by atoms with Gasteiger partial charge in [-0.05, 0) is 49.0 Å². The minimum atomic E-state index is -3.57. The van der Waals surface area contributed by atoms with E-state index in [1.165, 1.54) is 23.4 Å². The van der Waals surface area contributed by atoms with Crippen molar-refractivity contribution in [2.75, 3.05) is 38.5 Å². The fraction of sp³-hybridized carbons (Fsp3) is 0.364. The SMILES string of the molecule is CC(=O)NC(CC(=O)Nc1ccc(S(=O)(=O)N2CCN(C)CC2)cc1)c1ccc(Cl)cc1. The fourth-order valence-corrected chi connectivity index (χ4v) is 5.03. The van der Waals surface area contributed by atoms with Crippen LogP contribution in [-0.2, 0) is 19.6 Å². The highest BCUT2D eigenvalue weighted by molar-refractivity contribution is 7.89. The van der Waals surface area contributed by atoms with Crippen LogP contribution in [0.1, 0.15) is 24.9 Å². The number of halogens is 1. The first kappa shape index (κ1) is 24.2. The van der Waals surface area contributed by atoms with Gasteiger partial charge in [0.1, 0.15) is 0 Å². The summed E-state index contributed by atoms with van der Waals surface area (Å²) < 4.78 is 27.1. The molecule has 1 atom stereocenters. The van der Waals surface area contributed by atoms with Gasteiger partial charge in [0.05, 0.1) is 17.4 Å². The summed E-state index contributed by atoms with van der Waals surface area (Å²) in [6, 6.07) is 12.5. The molecule has 1 unspecified atom stereocenters. The maximum atomic E-state index is 12.8. The molecule has 32 heavy (non-hydrogen) atoms. The van der Waals surface area contributed by atoms with E-state index in [9.17, 15) is 18.0 Å². The van der Waals surface area contributed by atoms with Gasteiger partial charge in [-0.2, -0.15) is 4.31 Å². The molecule has 1 aliphatic heterocycles. The molecule has 0 aromatic heterocycles. The molecule has 0 spiro atoms. The number of likely N-dealkylation sites (N-methyl/N-ethyl adjacent to an activating group) is 1. The Morgan fingerprint density at radius 2 is 1.59 bits per heavy atom. The summed E-state index contributed by atoms with van der Waals surface area (Å²) in [4.78, 5) is 26.4. The zero-order valence-electron chi connectivity index (χ0n) is 18.0. The molecular formula is C22H27ClN4O4S. The molecule has 0 aliphatic carbocycles. The monoisotopic (exact) mass is 478 g/mol. The molecule has 1 aliphatic rings. The maximum Gasteiger partial charge on any atom is 0.243 e. The van der Waals surface area contributed by atoms with E-state index in [1.54, 1.807) is 36.4 Å². The van der Waals surface area contributed by atoms with Crippen molar-refractivity contribution in [2.45, 2.75) is 24.3 Å². The van der Waals surface area contributed by atoms with Gasteiger partial charge in [-0.1, -0.05) is 23.7 Å². The van der Waals surface area contributed by atoms with E-state index in [0.717, 1.165) is 5.56 Å². The van der Waals surface area contributed by atoms with Gasteiger partial charge in [0.2, 0.25) is 21.8 Å². The van der Waals surface area contributed by atoms with Crippen LogP contribution in [0.3, 0.4) is 0 Å². The van der Waals surface area contributed by atoms with Gasteiger partial charge in [0, 0.05) is 43.8 Å². The summed E-state index contributed by atoms with van der Waals surface area (Å²) in [5, 5.41) is 6.09. The zero-order chi connectivity index (χ0) is 23.3. The molecule has 8 nitrogen and oxygen atoms in total. The first-order valence-corrected chi connectivity index (χ1v) is 12.1. The second kappa shape index (κ2) is 10.4. The van der Waals surface area contributed by atoms with Crippen molar-refractivity contribution in [2.24, 2.45) is 0 Å². The Bertz CT molecular complexity index is 1050. The molecule has 1 fully saturated rings. The molecule has 0 saturated carbocycles. The van der Waals surface area contributed by atoms with E-state index < -0.39 is 16.1 Å². The smallest absolute Gasteiger partial charge is 0.243 e. The number of hydrogen-bond acceptors (Lipinski definition) is 5. The number of piperazine rings is 1. The Morgan fingerprint density at radius 3 is 2.16 bits per heavy atom. The lowest BCUT2D eigenvalue weighted by molar-refractivity contribution is -0.120.